The number of hydrogen-bond donors (Lipinski definition) is 6. The second-order valence-corrected chi connectivity index (χ2v) is 27.1. The monoisotopic (exact) mass is 1110 g/mol. The van der Waals surface area contributed by atoms with Gasteiger partial charge in [-0.05, 0) is 121 Å². The second-order valence-electron chi connectivity index (χ2n) is 11.7. The van der Waals surface area contributed by atoms with E-state index in [1.54, 1.807) is 32.1 Å². The highest BCUT2D eigenvalue weighted by atomic mass is 32.2. The van der Waals surface area contributed by atoms with Gasteiger partial charge in [0.25, 0.3) is 0 Å². The van der Waals surface area contributed by atoms with Crippen molar-refractivity contribution < 1.29 is 29.1 Å². The Morgan fingerprint density at radius 3 is 1.21 bits per heavy atom. The largest absolute Gasteiger partial charge is 0.481 e. The number of H-pyrrole nitrogens is 5. The SMILES string of the molecule is CC(=O)C(C)Sc1n[nH]c(=S)s1.CC(=O)C(C)Sc1n[nH]c(=S)s1.CC(=O)C(CC(=O)O)Sc1n[nH]c(=S)s1.CC(=O)CSc1n[nH]c(=S)s1.S=c1[nH]nc(SCC2CC2)s1. The molecule has 0 spiro atoms. The number of aliphatic carboxylic acids is 1. The molecule has 31 heteroatoms. The summed E-state index contributed by atoms with van der Waals surface area (Å²) >= 11 is 38.5. The fourth-order valence-corrected chi connectivity index (χ4v) is 13.9. The molecule has 3 atom stereocenters. The predicted octanol–water partition coefficient (Wildman–Crippen LogP) is 10.9. The Labute approximate surface area is 416 Å². The number of rotatable bonds is 17. The van der Waals surface area contributed by atoms with Crippen LogP contribution in [0.5, 0.6) is 0 Å². The van der Waals surface area contributed by atoms with Crippen LogP contribution in [0.3, 0.4) is 0 Å². The summed E-state index contributed by atoms with van der Waals surface area (Å²) < 4.78 is 7.37. The van der Waals surface area contributed by atoms with E-state index in [0.29, 0.717) is 25.9 Å². The molecule has 1 fully saturated rings. The van der Waals surface area contributed by atoms with Crippen molar-refractivity contribution >= 4 is 206 Å². The van der Waals surface area contributed by atoms with Crippen LogP contribution in [0.4, 0.5) is 0 Å². The maximum absolute atomic E-state index is 11.1. The van der Waals surface area contributed by atoms with E-state index in [4.69, 9.17) is 66.2 Å². The fourth-order valence-electron chi connectivity index (χ4n) is 3.01. The first kappa shape index (κ1) is 55.9. The van der Waals surface area contributed by atoms with Crippen molar-refractivity contribution in [1.29, 1.82) is 0 Å². The third-order valence-corrected chi connectivity index (χ3v) is 18.5. The van der Waals surface area contributed by atoms with E-state index in [1.807, 2.05) is 25.6 Å². The van der Waals surface area contributed by atoms with E-state index in [9.17, 15) is 24.0 Å². The molecule has 16 nitrogen and oxygen atoms in total. The van der Waals surface area contributed by atoms with Gasteiger partial charge in [-0.15, -0.1) is 0 Å². The molecule has 0 aliphatic heterocycles. The zero-order chi connectivity index (χ0) is 45.6. The van der Waals surface area contributed by atoms with E-state index in [1.165, 1.54) is 106 Å². The number of aromatic nitrogens is 10. The molecular formula is C30H38N10O6S15. The molecule has 1 aliphatic carbocycles. The minimum absolute atomic E-state index is 0.0426. The summed E-state index contributed by atoms with van der Waals surface area (Å²) in [7, 11) is 0. The van der Waals surface area contributed by atoms with Crippen molar-refractivity contribution in [2.45, 2.75) is 98.3 Å². The third-order valence-electron chi connectivity index (χ3n) is 6.39. The number of nitrogens with zero attached hydrogens (tertiary/aromatic N) is 5. The van der Waals surface area contributed by atoms with Gasteiger partial charge in [-0.1, -0.05) is 115 Å². The molecule has 5 heterocycles. The topological polar surface area (TPSA) is 249 Å². The quantitative estimate of drug-likeness (QED) is 0.0374. The van der Waals surface area contributed by atoms with Gasteiger partial charge in [-0.25, -0.2) is 0 Å². The molecule has 3 unspecified atom stereocenters. The Morgan fingerprint density at radius 1 is 0.590 bits per heavy atom. The summed E-state index contributed by atoms with van der Waals surface area (Å²) in [5, 5.41) is 40.9. The molecule has 5 aromatic heterocycles. The average molecular weight is 1120 g/mol. The minimum Gasteiger partial charge on any atom is -0.481 e. The van der Waals surface area contributed by atoms with E-state index in [2.05, 4.69) is 51.0 Å². The van der Waals surface area contributed by atoms with Crippen molar-refractivity contribution in [3.63, 3.8) is 0 Å². The summed E-state index contributed by atoms with van der Waals surface area (Å²) in [6, 6.07) is 0. The van der Waals surface area contributed by atoms with E-state index < -0.39 is 11.2 Å². The first-order chi connectivity index (χ1) is 28.7. The van der Waals surface area contributed by atoms with Crippen LogP contribution < -0.4 is 0 Å². The highest BCUT2D eigenvalue weighted by Crippen LogP contribution is 2.35. The summed E-state index contributed by atoms with van der Waals surface area (Å²) in [5.74, 6) is 1.92. The number of carbonyl (C=O) groups is 5. The number of thioether (sulfide) groups is 5. The Kier molecular flexibility index (Phi) is 27.6. The lowest BCUT2D eigenvalue weighted by molar-refractivity contribution is -0.138. The number of ketones is 4. The Bertz CT molecular complexity index is 2390. The molecule has 61 heavy (non-hydrogen) atoms. The van der Waals surface area contributed by atoms with Gasteiger partial charge >= 0.3 is 5.97 Å². The molecule has 6 rings (SSSR count). The van der Waals surface area contributed by atoms with Gasteiger partial charge in [0.15, 0.2) is 41.5 Å². The van der Waals surface area contributed by atoms with E-state index in [-0.39, 0.29) is 40.1 Å². The standard InChI is InChI=1S/C7H8N2O3S3.2C6H8N2OS3.C6H8N2S3.C5H6N2OS3/c1-3(10)4(2-5(11)12)14-7-9-8-6(13)15-7;2*1-3(9)4(2)11-6-8-7-5(10)12-6;9-5-7-8-6(11-5)10-3-4-1-2-4;1-3(8)2-10-5-7-6-4(9)11-5/h4H,2H2,1H3,(H,8,13)(H,11,12);2*4H,1-2H3,(H,7,10);4H,1-3H2,(H,7,9);2H2,1H3,(H,6,9). The summed E-state index contributed by atoms with van der Waals surface area (Å²) in [6.07, 6.45) is 2.61. The Morgan fingerprint density at radius 2 is 0.934 bits per heavy atom. The minimum atomic E-state index is -0.998. The van der Waals surface area contributed by atoms with Crippen LogP contribution in [0.1, 0.15) is 60.8 Å². The molecule has 0 radical (unpaired) electrons. The van der Waals surface area contributed by atoms with Crippen LogP contribution in [-0.4, -0.2) is 112 Å². The van der Waals surface area contributed by atoms with Crippen LogP contribution in [0.2, 0.25) is 0 Å². The lowest BCUT2D eigenvalue weighted by atomic mass is 10.2. The molecule has 0 bridgehead atoms. The molecule has 0 aromatic carbocycles. The lowest BCUT2D eigenvalue weighted by Gasteiger charge is -2.07. The van der Waals surface area contributed by atoms with Gasteiger partial charge in [0.2, 0.25) is 0 Å². The molecule has 6 N–H and O–H groups in total. The fraction of sp³-hybridized carbons (Fsp3) is 0.500. The van der Waals surface area contributed by atoms with Crippen LogP contribution in [0, 0.1) is 25.7 Å². The maximum atomic E-state index is 11.1. The molecule has 1 saturated carbocycles. The number of Topliss-reactive ketones (excluding diaryl/α,β-unsaturated/α-hetero) is 4. The zero-order valence-electron chi connectivity index (χ0n) is 32.7. The first-order valence-electron chi connectivity index (χ1n) is 17.0. The number of hydrogen-bond acceptors (Lipinski definition) is 25. The molecule has 5 aromatic rings. The molecule has 0 saturated heterocycles. The van der Waals surface area contributed by atoms with E-state index >= 15 is 0 Å². The first-order valence-corrected chi connectivity index (χ1v) is 27.7. The van der Waals surface area contributed by atoms with Crippen LogP contribution in [0.25, 0.3) is 0 Å². The highest BCUT2D eigenvalue weighted by Gasteiger charge is 2.22. The maximum Gasteiger partial charge on any atom is 0.304 e. The Hall–Kier alpha value is -1.20. The van der Waals surface area contributed by atoms with Gasteiger partial charge < -0.3 is 5.11 Å². The van der Waals surface area contributed by atoms with Crippen molar-refractivity contribution in [1.82, 2.24) is 51.0 Å². The van der Waals surface area contributed by atoms with Crippen molar-refractivity contribution in [2.24, 2.45) is 5.92 Å². The number of carboxylic acid groups (broad SMARTS) is 1. The van der Waals surface area contributed by atoms with Crippen LogP contribution in [0.15, 0.2) is 21.7 Å². The average Bonchev–Trinajstić information content (AvgIpc) is 3.63. The summed E-state index contributed by atoms with van der Waals surface area (Å²) in [4.78, 5) is 53.9. The van der Waals surface area contributed by atoms with Crippen LogP contribution in [-0.2, 0) is 24.0 Å². The molecule has 334 valence electrons. The summed E-state index contributed by atoms with van der Waals surface area (Å²) in [6.45, 7) is 9.79. The Balaban J connectivity index is 0.000000264. The van der Waals surface area contributed by atoms with Gasteiger partial charge in [0.05, 0.1) is 27.9 Å². The van der Waals surface area contributed by atoms with E-state index in [0.717, 1.165) is 39.0 Å². The van der Waals surface area contributed by atoms with Crippen molar-refractivity contribution in [2.75, 3.05) is 11.5 Å². The summed E-state index contributed by atoms with van der Waals surface area (Å²) in [5.41, 5.74) is 0. The van der Waals surface area contributed by atoms with Crippen LogP contribution >= 0.6 is 177 Å². The zero-order valence-corrected chi connectivity index (χ0v) is 44.9. The highest BCUT2D eigenvalue weighted by molar-refractivity contribution is 8.03. The lowest BCUT2D eigenvalue weighted by Crippen LogP contribution is -2.17. The van der Waals surface area contributed by atoms with Crippen molar-refractivity contribution in [3.8, 4) is 0 Å². The molecular weight excluding hydrogens is 1080 g/mol. The van der Waals surface area contributed by atoms with Gasteiger partial charge in [-0.2, -0.15) is 25.5 Å². The van der Waals surface area contributed by atoms with Gasteiger partial charge in [-0.3, -0.25) is 49.5 Å². The third kappa shape index (κ3) is 26.4. The number of carbonyl (C=O) groups excluding carboxylic acids is 4. The second kappa shape index (κ2) is 30.1. The van der Waals surface area contributed by atoms with Crippen molar-refractivity contribution in [3.05, 3.63) is 19.8 Å². The molecule has 1 aliphatic rings. The normalized spacial score (nSPS) is 13.0. The predicted molar refractivity (Wildman–Crippen MR) is 266 cm³/mol. The number of carboxylic acids is 1. The number of aromatic amines is 5. The van der Waals surface area contributed by atoms with Gasteiger partial charge in [0, 0.05) is 5.75 Å². The number of nitrogens with one attached hydrogen (secondary N) is 5. The smallest absolute Gasteiger partial charge is 0.304 e. The van der Waals surface area contributed by atoms with Gasteiger partial charge in [0.1, 0.15) is 23.1 Å². The molecule has 0 amide bonds.